The second-order valence-electron chi connectivity index (χ2n) is 3.76. The number of benzene rings is 1. The minimum absolute atomic E-state index is 0.0162. The number of rotatable bonds is 3. The smallest absolute Gasteiger partial charge is 0.216 e. The third-order valence-electron chi connectivity index (χ3n) is 2.46. The van der Waals surface area contributed by atoms with Gasteiger partial charge in [0.1, 0.15) is 0 Å². The van der Waals surface area contributed by atoms with Crippen LogP contribution in [0.15, 0.2) is 36.5 Å². The molecule has 0 bridgehead atoms. The molecule has 0 radical (unpaired) electrons. The molecule has 3 heteroatoms. The summed E-state index contributed by atoms with van der Waals surface area (Å²) in [5, 5.41) is 3.93. The molecule has 0 saturated carbocycles. The van der Waals surface area contributed by atoms with Crippen LogP contribution in [0.5, 0.6) is 0 Å². The fourth-order valence-corrected chi connectivity index (χ4v) is 1.66. The molecule has 2 aromatic rings. The Kier molecular flexibility index (Phi) is 3.15. The molecule has 1 aromatic heterocycles. The Morgan fingerprint density at radius 3 is 3.06 bits per heavy atom. The second-order valence-corrected chi connectivity index (χ2v) is 3.76. The van der Waals surface area contributed by atoms with Gasteiger partial charge in [-0.3, -0.25) is 9.78 Å². The number of amides is 1. The number of carbonyl (C=O) groups excluding carboxylic acids is 1. The second kappa shape index (κ2) is 4.75. The van der Waals surface area contributed by atoms with E-state index in [0.717, 1.165) is 17.3 Å². The summed E-state index contributed by atoms with van der Waals surface area (Å²) in [4.78, 5) is 15.0. The van der Waals surface area contributed by atoms with E-state index in [-0.39, 0.29) is 5.91 Å². The topological polar surface area (TPSA) is 42.0 Å². The maximum Gasteiger partial charge on any atom is 0.216 e. The van der Waals surface area contributed by atoms with E-state index in [0.29, 0.717) is 6.54 Å². The van der Waals surface area contributed by atoms with E-state index in [2.05, 4.69) is 22.4 Å². The number of hydrogen-bond acceptors (Lipinski definition) is 2. The van der Waals surface area contributed by atoms with Crippen LogP contribution in [-0.2, 0) is 11.2 Å². The number of aromatic nitrogens is 1. The molecular formula is C13H14N2O. The fraction of sp³-hybridized carbons (Fsp3) is 0.231. The van der Waals surface area contributed by atoms with Crippen LogP contribution in [0, 0.1) is 0 Å². The number of fused-ring (bicyclic) bond motifs is 1. The Bertz CT molecular complexity index is 508. The Labute approximate surface area is 94.5 Å². The lowest BCUT2D eigenvalue weighted by atomic mass is 10.1. The summed E-state index contributed by atoms with van der Waals surface area (Å²) in [7, 11) is 0. The van der Waals surface area contributed by atoms with Crippen molar-refractivity contribution in [1.29, 1.82) is 0 Å². The van der Waals surface area contributed by atoms with Gasteiger partial charge in [0.2, 0.25) is 5.91 Å². The minimum Gasteiger partial charge on any atom is -0.356 e. The van der Waals surface area contributed by atoms with Crippen molar-refractivity contribution >= 4 is 16.8 Å². The molecule has 2 rings (SSSR count). The van der Waals surface area contributed by atoms with E-state index in [1.807, 2.05) is 18.2 Å². The van der Waals surface area contributed by atoms with Crippen LogP contribution in [0.2, 0.25) is 0 Å². The average Bonchev–Trinajstić information content (AvgIpc) is 2.28. The third kappa shape index (κ3) is 2.57. The molecule has 0 spiro atoms. The molecule has 1 amide bonds. The van der Waals surface area contributed by atoms with Gasteiger partial charge >= 0.3 is 0 Å². The van der Waals surface area contributed by atoms with Crippen LogP contribution >= 0.6 is 0 Å². The van der Waals surface area contributed by atoms with Crippen molar-refractivity contribution in [3.05, 3.63) is 42.1 Å². The first kappa shape index (κ1) is 10.6. The highest BCUT2D eigenvalue weighted by molar-refractivity contribution is 5.79. The van der Waals surface area contributed by atoms with Crippen LogP contribution < -0.4 is 5.32 Å². The van der Waals surface area contributed by atoms with E-state index in [9.17, 15) is 4.79 Å². The fourth-order valence-electron chi connectivity index (χ4n) is 1.66. The zero-order valence-electron chi connectivity index (χ0n) is 9.23. The predicted molar refractivity (Wildman–Crippen MR) is 64.1 cm³/mol. The highest BCUT2D eigenvalue weighted by Gasteiger charge is 1.97. The van der Waals surface area contributed by atoms with Gasteiger partial charge in [-0.15, -0.1) is 0 Å². The Morgan fingerprint density at radius 2 is 2.25 bits per heavy atom. The highest BCUT2D eigenvalue weighted by Crippen LogP contribution is 2.13. The lowest BCUT2D eigenvalue weighted by Crippen LogP contribution is -2.22. The number of pyridine rings is 1. The van der Waals surface area contributed by atoms with Gasteiger partial charge in [-0.05, 0) is 30.2 Å². The lowest BCUT2D eigenvalue weighted by Gasteiger charge is -2.04. The quantitative estimate of drug-likeness (QED) is 0.848. The van der Waals surface area contributed by atoms with E-state index in [1.165, 1.54) is 12.5 Å². The first-order valence-electron chi connectivity index (χ1n) is 5.34. The summed E-state index contributed by atoms with van der Waals surface area (Å²) >= 11 is 0. The van der Waals surface area contributed by atoms with Gasteiger partial charge in [0.05, 0.1) is 5.52 Å². The summed E-state index contributed by atoms with van der Waals surface area (Å²) < 4.78 is 0. The van der Waals surface area contributed by atoms with Crippen molar-refractivity contribution in [2.75, 3.05) is 6.54 Å². The van der Waals surface area contributed by atoms with Crippen molar-refractivity contribution in [1.82, 2.24) is 10.3 Å². The molecule has 0 aliphatic rings. The van der Waals surface area contributed by atoms with Gasteiger partial charge < -0.3 is 5.32 Å². The van der Waals surface area contributed by atoms with Crippen LogP contribution in [0.25, 0.3) is 10.9 Å². The summed E-state index contributed by atoms with van der Waals surface area (Å²) in [5.41, 5.74) is 2.22. The van der Waals surface area contributed by atoms with Crippen LogP contribution in [-0.4, -0.2) is 17.4 Å². The molecule has 3 nitrogen and oxygen atoms in total. The molecule has 0 aliphatic carbocycles. The van der Waals surface area contributed by atoms with Crippen LogP contribution in [0.3, 0.4) is 0 Å². The van der Waals surface area contributed by atoms with E-state index < -0.39 is 0 Å². The standard InChI is InChI=1S/C13H14N2O/c1-10(16)14-8-6-11-4-5-13-12(9-11)3-2-7-15-13/h2-5,7,9H,6,8H2,1H3,(H,14,16). The highest BCUT2D eigenvalue weighted by atomic mass is 16.1. The molecule has 0 unspecified atom stereocenters. The summed E-state index contributed by atoms with van der Waals surface area (Å²) in [6.07, 6.45) is 2.64. The molecule has 1 N–H and O–H groups in total. The van der Waals surface area contributed by atoms with Crippen molar-refractivity contribution in [3.63, 3.8) is 0 Å². The van der Waals surface area contributed by atoms with Gasteiger partial charge in [-0.2, -0.15) is 0 Å². The zero-order chi connectivity index (χ0) is 11.4. The van der Waals surface area contributed by atoms with E-state index >= 15 is 0 Å². The van der Waals surface area contributed by atoms with Crippen molar-refractivity contribution in [2.24, 2.45) is 0 Å². The van der Waals surface area contributed by atoms with Gasteiger partial charge in [-0.25, -0.2) is 0 Å². The van der Waals surface area contributed by atoms with E-state index in [1.54, 1.807) is 6.20 Å². The Morgan fingerprint density at radius 1 is 1.38 bits per heavy atom. The maximum absolute atomic E-state index is 10.7. The van der Waals surface area contributed by atoms with Crippen LogP contribution in [0.4, 0.5) is 0 Å². The zero-order valence-corrected chi connectivity index (χ0v) is 9.23. The van der Waals surface area contributed by atoms with Gasteiger partial charge in [-0.1, -0.05) is 12.1 Å². The molecule has 16 heavy (non-hydrogen) atoms. The summed E-state index contributed by atoms with van der Waals surface area (Å²) in [5.74, 6) is 0.0162. The van der Waals surface area contributed by atoms with Gasteiger partial charge in [0.15, 0.2) is 0 Å². The molecule has 0 atom stereocenters. The molecule has 0 aliphatic heterocycles. The third-order valence-corrected chi connectivity index (χ3v) is 2.46. The normalized spacial score (nSPS) is 10.3. The average molecular weight is 214 g/mol. The molecular weight excluding hydrogens is 200 g/mol. The SMILES string of the molecule is CC(=O)NCCc1ccc2ncccc2c1. The molecule has 0 saturated heterocycles. The molecule has 0 fully saturated rings. The Hall–Kier alpha value is -1.90. The number of hydrogen-bond donors (Lipinski definition) is 1. The van der Waals surface area contributed by atoms with Crippen LogP contribution in [0.1, 0.15) is 12.5 Å². The number of carbonyl (C=O) groups is 1. The van der Waals surface area contributed by atoms with Gasteiger partial charge in [0, 0.05) is 25.1 Å². The first-order chi connectivity index (χ1) is 7.75. The van der Waals surface area contributed by atoms with Crippen molar-refractivity contribution in [2.45, 2.75) is 13.3 Å². The monoisotopic (exact) mass is 214 g/mol. The summed E-state index contributed by atoms with van der Waals surface area (Å²) in [6.45, 7) is 2.21. The maximum atomic E-state index is 10.7. The van der Waals surface area contributed by atoms with E-state index in [4.69, 9.17) is 0 Å². The minimum atomic E-state index is 0.0162. The largest absolute Gasteiger partial charge is 0.356 e. The number of nitrogens with one attached hydrogen (secondary N) is 1. The van der Waals surface area contributed by atoms with Crippen molar-refractivity contribution < 1.29 is 4.79 Å². The predicted octanol–water partition coefficient (Wildman–Crippen LogP) is 1.91. The van der Waals surface area contributed by atoms with Gasteiger partial charge in [0.25, 0.3) is 0 Å². The van der Waals surface area contributed by atoms with Crippen molar-refractivity contribution in [3.8, 4) is 0 Å². The first-order valence-corrected chi connectivity index (χ1v) is 5.34. The number of nitrogens with zero attached hydrogens (tertiary/aromatic N) is 1. The molecule has 1 aromatic carbocycles. The Balaban J connectivity index is 2.10. The lowest BCUT2D eigenvalue weighted by molar-refractivity contribution is -0.118. The molecule has 1 heterocycles. The summed E-state index contributed by atoms with van der Waals surface area (Å²) in [6, 6.07) is 10.2. The molecule has 82 valence electrons.